The second kappa shape index (κ2) is 5.34. The highest BCUT2D eigenvalue weighted by atomic mass is 79.9. The van der Waals surface area contributed by atoms with Gasteiger partial charge in [-0.1, -0.05) is 18.2 Å². The lowest BCUT2D eigenvalue weighted by Crippen LogP contribution is -2.13. The van der Waals surface area contributed by atoms with Crippen molar-refractivity contribution in [2.24, 2.45) is 5.73 Å². The van der Waals surface area contributed by atoms with E-state index in [4.69, 9.17) is 5.73 Å². The molecule has 0 radical (unpaired) electrons. The molecule has 0 spiro atoms. The Morgan fingerprint density at radius 3 is 2.47 bits per heavy atom. The van der Waals surface area contributed by atoms with Crippen molar-refractivity contribution in [1.82, 2.24) is 0 Å². The third-order valence-electron chi connectivity index (χ3n) is 3.02. The van der Waals surface area contributed by atoms with E-state index in [9.17, 15) is 0 Å². The Morgan fingerprint density at radius 2 is 1.94 bits per heavy atom. The van der Waals surface area contributed by atoms with Gasteiger partial charge in [0.2, 0.25) is 0 Å². The minimum atomic E-state index is 0.0890. The van der Waals surface area contributed by atoms with Crippen LogP contribution in [0.4, 0.5) is 0 Å². The average molecular weight is 310 g/mol. The molecule has 0 fully saturated rings. The first-order valence-electron chi connectivity index (χ1n) is 5.62. The zero-order valence-corrected chi connectivity index (χ0v) is 12.4. The minimum absolute atomic E-state index is 0.0890. The van der Waals surface area contributed by atoms with E-state index in [1.54, 1.807) is 11.3 Å². The number of nitrogens with two attached hydrogens (primary N) is 1. The largest absolute Gasteiger partial charge is 0.323 e. The highest BCUT2D eigenvalue weighted by molar-refractivity contribution is 9.10. The van der Waals surface area contributed by atoms with Gasteiger partial charge in [-0.05, 0) is 59.0 Å². The number of rotatable bonds is 3. The standard InChI is InChI=1S/C14H16BrNS/c1-9-4-3-5-10(2)12(9)7-13(16)14-6-11(15)8-17-14/h3-6,8,13H,7,16H2,1-2H3. The first kappa shape index (κ1) is 12.8. The molecule has 2 rings (SSSR count). The summed E-state index contributed by atoms with van der Waals surface area (Å²) < 4.78 is 1.12. The SMILES string of the molecule is Cc1cccc(C)c1CC(N)c1cc(Br)cs1. The predicted octanol–water partition coefficient (Wildman–Crippen LogP) is 4.37. The molecule has 1 aromatic heterocycles. The van der Waals surface area contributed by atoms with Crippen LogP contribution in [0.15, 0.2) is 34.1 Å². The van der Waals surface area contributed by atoms with Crippen LogP contribution < -0.4 is 5.73 Å². The quantitative estimate of drug-likeness (QED) is 0.895. The van der Waals surface area contributed by atoms with Gasteiger partial charge in [-0.2, -0.15) is 0 Å². The van der Waals surface area contributed by atoms with Gasteiger partial charge in [-0.15, -0.1) is 11.3 Å². The lowest BCUT2D eigenvalue weighted by Gasteiger charge is -2.14. The fourth-order valence-corrected chi connectivity index (χ4v) is 3.46. The molecule has 1 nitrogen and oxygen atoms in total. The van der Waals surface area contributed by atoms with Crippen molar-refractivity contribution in [3.05, 3.63) is 55.7 Å². The number of hydrogen-bond acceptors (Lipinski definition) is 2. The summed E-state index contributed by atoms with van der Waals surface area (Å²) >= 11 is 5.19. The summed E-state index contributed by atoms with van der Waals surface area (Å²) in [6.07, 6.45) is 0.908. The van der Waals surface area contributed by atoms with Crippen LogP contribution in [-0.2, 0) is 6.42 Å². The summed E-state index contributed by atoms with van der Waals surface area (Å²) in [6.45, 7) is 4.30. The minimum Gasteiger partial charge on any atom is -0.323 e. The fourth-order valence-electron chi connectivity index (χ4n) is 2.01. The van der Waals surface area contributed by atoms with Gasteiger partial charge in [0.25, 0.3) is 0 Å². The van der Waals surface area contributed by atoms with Gasteiger partial charge in [-0.25, -0.2) is 0 Å². The monoisotopic (exact) mass is 309 g/mol. The van der Waals surface area contributed by atoms with Crippen LogP contribution in [0.5, 0.6) is 0 Å². The highest BCUT2D eigenvalue weighted by Gasteiger charge is 2.12. The van der Waals surface area contributed by atoms with Gasteiger partial charge in [0.05, 0.1) is 0 Å². The molecule has 1 aromatic carbocycles. The number of benzene rings is 1. The number of hydrogen-bond donors (Lipinski definition) is 1. The van der Waals surface area contributed by atoms with Crippen molar-refractivity contribution < 1.29 is 0 Å². The summed E-state index contributed by atoms with van der Waals surface area (Å²) in [5, 5.41) is 2.08. The normalized spacial score (nSPS) is 12.7. The molecule has 0 aliphatic heterocycles. The van der Waals surface area contributed by atoms with Crippen LogP contribution in [0.3, 0.4) is 0 Å². The predicted molar refractivity (Wildman–Crippen MR) is 78.6 cm³/mol. The third-order valence-corrected chi connectivity index (χ3v) is 4.85. The van der Waals surface area contributed by atoms with Gasteiger partial charge in [0, 0.05) is 20.8 Å². The van der Waals surface area contributed by atoms with Crippen molar-refractivity contribution in [2.45, 2.75) is 26.3 Å². The molecule has 2 N–H and O–H groups in total. The molecular formula is C14H16BrNS. The van der Waals surface area contributed by atoms with E-state index in [0.717, 1.165) is 10.9 Å². The summed E-state index contributed by atoms with van der Waals surface area (Å²) in [7, 11) is 0. The first-order valence-corrected chi connectivity index (χ1v) is 7.30. The second-order valence-electron chi connectivity index (χ2n) is 4.35. The Labute approximate surface area is 115 Å². The topological polar surface area (TPSA) is 26.0 Å². The van der Waals surface area contributed by atoms with E-state index >= 15 is 0 Å². The lowest BCUT2D eigenvalue weighted by atomic mass is 9.96. The smallest absolute Gasteiger partial charge is 0.0431 e. The maximum Gasteiger partial charge on any atom is 0.0431 e. The van der Waals surface area contributed by atoms with Gasteiger partial charge >= 0.3 is 0 Å². The van der Waals surface area contributed by atoms with Crippen molar-refractivity contribution in [3.8, 4) is 0 Å². The van der Waals surface area contributed by atoms with Crippen molar-refractivity contribution in [2.75, 3.05) is 0 Å². The Bertz CT molecular complexity index is 498. The van der Waals surface area contributed by atoms with Crippen molar-refractivity contribution in [1.29, 1.82) is 0 Å². The Kier molecular flexibility index (Phi) is 4.02. The van der Waals surface area contributed by atoms with Gasteiger partial charge in [-0.3, -0.25) is 0 Å². The van der Waals surface area contributed by atoms with E-state index in [2.05, 4.69) is 59.4 Å². The summed E-state index contributed by atoms with van der Waals surface area (Å²) in [4.78, 5) is 1.24. The van der Waals surface area contributed by atoms with Gasteiger partial charge in [0.15, 0.2) is 0 Å². The van der Waals surface area contributed by atoms with Gasteiger partial charge in [0.1, 0.15) is 0 Å². The number of aryl methyl sites for hydroxylation is 2. The van der Waals surface area contributed by atoms with Crippen LogP contribution in [0.1, 0.15) is 27.6 Å². The molecule has 17 heavy (non-hydrogen) atoms. The van der Waals surface area contributed by atoms with E-state index in [0.29, 0.717) is 0 Å². The number of halogens is 1. The molecule has 1 unspecified atom stereocenters. The van der Waals surface area contributed by atoms with E-state index in [-0.39, 0.29) is 6.04 Å². The van der Waals surface area contributed by atoms with Crippen LogP contribution in [0, 0.1) is 13.8 Å². The number of thiophene rings is 1. The summed E-state index contributed by atoms with van der Waals surface area (Å²) in [5.41, 5.74) is 10.3. The molecule has 3 heteroatoms. The molecule has 0 amide bonds. The van der Waals surface area contributed by atoms with E-state index in [1.807, 2.05) is 0 Å². The summed E-state index contributed by atoms with van der Waals surface area (Å²) in [6, 6.07) is 8.61. The molecule has 90 valence electrons. The van der Waals surface area contributed by atoms with Crippen LogP contribution >= 0.6 is 27.3 Å². The van der Waals surface area contributed by atoms with Crippen LogP contribution in [-0.4, -0.2) is 0 Å². The highest BCUT2D eigenvalue weighted by Crippen LogP contribution is 2.28. The van der Waals surface area contributed by atoms with Gasteiger partial charge < -0.3 is 5.73 Å². The fraction of sp³-hybridized carbons (Fsp3) is 0.286. The van der Waals surface area contributed by atoms with Crippen LogP contribution in [0.25, 0.3) is 0 Å². The lowest BCUT2D eigenvalue weighted by molar-refractivity contribution is 0.729. The maximum absolute atomic E-state index is 6.27. The molecule has 0 saturated heterocycles. The molecular weight excluding hydrogens is 294 g/mol. The maximum atomic E-state index is 6.27. The van der Waals surface area contributed by atoms with Crippen LogP contribution in [0.2, 0.25) is 0 Å². The second-order valence-corrected chi connectivity index (χ2v) is 6.21. The van der Waals surface area contributed by atoms with Crippen molar-refractivity contribution >= 4 is 27.3 Å². The third kappa shape index (κ3) is 2.97. The molecule has 0 bridgehead atoms. The van der Waals surface area contributed by atoms with E-state index in [1.165, 1.54) is 21.6 Å². The molecule has 1 heterocycles. The molecule has 1 atom stereocenters. The summed E-state index contributed by atoms with van der Waals surface area (Å²) in [5.74, 6) is 0. The Morgan fingerprint density at radius 1 is 1.29 bits per heavy atom. The zero-order valence-electron chi connectivity index (χ0n) is 10.0. The Balaban J connectivity index is 2.21. The van der Waals surface area contributed by atoms with E-state index < -0.39 is 0 Å². The zero-order chi connectivity index (χ0) is 12.4. The molecule has 2 aromatic rings. The van der Waals surface area contributed by atoms with Crippen molar-refractivity contribution in [3.63, 3.8) is 0 Å². The molecule has 0 aliphatic carbocycles. The molecule has 0 aliphatic rings. The first-order chi connectivity index (χ1) is 8.08. The Hall–Kier alpha value is -0.640. The average Bonchev–Trinajstić information content (AvgIpc) is 2.70. The molecule has 0 saturated carbocycles.